The van der Waals surface area contributed by atoms with Crippen molar-refractivity contribution < 1.29 is 14.3 Å². The van der Waals surface area contributed by atoms with E-state index >= 15 is 0 Å². The minimum atomic E-state index is -0.627. The second kappa shape index (κ2) is 6.58. The van der Waals surface area contributed by atoms with E-state index in [9.17, 15) is 9.59 Å². The van der Waals surface area contributed by atoms with Crippen LogP contribution in [-0.2, 0) is 9.53 Å². The van der Waals surface area contributed by atoms with Crippen LogP contribution >= 0.6 is 0 Å². The third-order valence-electron chi connectivity index (χ3n) is 2.06. The number of hydrogen-bond acceptors (Lipinski definition) is 4. The van der Waals surface area contributed by atoms with Gasteiger partial charge in [0, 0.05) is 6.04 Å². The lowest BCUT2D eigenvalue weighted by molar-refractivity contribution is -0.120. The molecule has 0 bridgehead atoms. The molecule has 0 saturated carbocycles. The predicted octanol–water partition coefficient (Wildman–Crippen LogP) is 0.752. The first-order chi connectivity index (χ1) is 8.03. The summed E-state index contributed by atoms with van der Waals surface area (Å²) in [6.45, 7) is 10.8. The average Bonchev–Trinajstić information content (AvgIpc) is 2.09. The van der Waals surface area contributed by atoms with Gasteiger partial charge in [0.05, 0.1) is 6.04 Å². The highest BCUT2D eigenvalue weighted by Gasteiger charge is 2.26. The van der Waals surface area contributed by atoms with Crippen molar-refractivity contribution in [1.29, 1.82) is 0 Å². The Morgan fingerprint density at radius 1 is 1.17 bits per heavy atom. The molecule has 18 heavy (non-hydrogen) atoms. The summed E-state index contributed by atoms with van der Waals surface area (Å²) in [6.07, 6.45) is -0.563. The molecule has 2 unspecified atom stereocenters. The van der Waals surface area contributed by atoms with E-state index in [2.05, 4.69) is 10.6 Å². The summed E-state index contributed by atoms with van der Waals surface area (Å²) in [4.78, 5) is 22.9. The van der Waals surface area contributed by atoms with Crippen LogP contribution in [-0.4, -0.2) is 35.7 Å². The molecular formula is C12H25N3O3. The number of alkyl carbamates (subject to hydrolysis) is 1. The van der Waals surface area contributed by atoms with Gasteiger partial charge in [-0.15, -0.1) is 0 Å². The molecule has 6 nitrogen and oxygen atoms in total. The third kappa shape index (κ3) is 7.11. The molecule has 0 aromatic carbocycles. The minimum absolute atomic E-state index is 0.0883. The van der Waals surface area contributed by atoms with Crippen LogP contribution in [0.15, 0.2) is 0 Å². The fourth-order valence-electron chi connectivity index (χ4n) is 1.41. The van der Waals surface area contributed by atoms with E-state index in [1.54, 1.807) is 27.7 Å². The molecule has 4 N–H and O–H groups in total. The van der Waals surface area contributed by atoms with E-state index in [1.165, 1.54) is 0 Å². The van der Waals surface area contributed by atoms with Crippen LogP contribution in [0.4, 0.5) is 4.79 Å². The van der Waals surface area contributed by atoms with Crippen molar-refractivity contribution in [2.75, 3.05) is 0 Å². The monoisotopic (exact) mass is 259 g/mol. The molecule has 0 aliphatic carbocycles. The zero-order valence-electron chi connectivity index (χ0n) is 12.0. The van der Waals surface area contributed by atoms with Crippen molar-refractivity contribution in [3.8, 4) is 0 Å². The van der Waals surface area contributed by atoms with Gasteiger partial charge in [-0.3, -0.25) is 4.79 Å². The van der Waals surface area contributed by atoms with Crippen LogP contribution in [0.25, 0.3) is 0 Å². The molecule has 2 amide bonds. The fourth-order valence-corrected chi connectivity index (χ4v) is 1.41. The Morgan fingerprint density at radius 3 is 2.00 bits per heavy atom. The molecule has 0 fully saturated rings. The fraction of sp³-hybridized carbons (Fsp3) is 0.833. The lowest BCUT2D eigenvalue weighted by Gasteiger charge is -2.27. The lowest BCUT2D eigenvalue weighted by Crippen LogP contribution is -2.57. The number of nitrogens with one attached hydrogen (secondary N) is 2. The highest BCUT2D eigenvalue weighted by Crippen LogP contribution is 2.07. The third-order valence-corrected chi connectivity index (χ3v) is 2.06. The van der Waals surface area contributed by atoms with Crippen molar-refractivity contribution in [2.45, 2.75) is 65.3 Å². The van der Waals surface area contributed by atoms with Crippen LogP contribution in [0.3, 0.4) is 0 Å². The second-order valence-electron chi connectivity index (χ2n) is 5.64. The minimum Gasteiger partial charge on any atom is -0.444 e. The zero-order valence-corrected chi connectivity index (χ0v) is 12.0. The van der Waals surface area contributed by atoms with Crippen LogP contribution < -0.4 is 16.4 Å². The molecule has 0 saturated heterocycles. The number of rotatable bonds is 5. The summed E-state index contributed by atoms with van der Waals surface area (Å²) in [5.41, 5.74) is 4.72. The Morgan fingerprint density at radius 2 is 1.67 bits per heavy atom. The number of carbonyl (C=O) groups excluding carboxylic acids is 2. The van der Waals surface area contributed by atoms with Gasteiger partial charge in [-0.05, 0) is 27.7 Å². The van der Waals surface area contributed by atoms with E-state index in [-0.39, 0.29) is 6.04 Å². The van der Waals surface area contributed by atoms with Gasteiger partial charge in [0.15, 0.2) is 0 Å². The zero-order chi connectivity index (χ0) is 14.5. The summed E-state index contributed by atoms with van der Waals surface area (Å²) < 4.78 is 5.11. The first-order valence-corrected chi connectivity index (χ1v) is 6.08. The largest absolute Gasteiger partial charge is 0.444 e. The van der Waals surface area contributed by atoms with Gasteiger partial charge >= 0.3 is 6.09 Å². The first kappa shape index (κ1) is 16.7. The van der Waals surface area contributed by atoms with Gasteiger partial charge in [0.1, 0.15) is 11.6 Å². The van der Waals surface area contributed by atoms with Crippen LogP contribution in [0.2, 0.25) is 0 Å². The number of ether oxygens (including phenoxy) is 1. The number of carbonyl (C=O) groups is 2. The predicted molar refractivity (Wildman–Crippen MR) is 70.1 cm³/mol. The van der Waals surface area contributed by atoms with Crippen molar-refractivity contribution >= 4 is 12.0 Å². The van der Waals surface area contributed by atoms with E-state index in [0.717, 1.165) is 0 Å². The van der Waals surface area contributed by atoms with Gasteiger partial charge in [0.2, 0.25) is 5.91 Å². The van der Waals surface area contributed by atoms with Gasteiger partial charge in [0.25, 0.3) is 0 Å². The van der Waals surface area contributed by atoms with E-state index < -0.39 is 29.7 Å². The van der Waals surface area contributed by atoms with Gasteiger partial charge in [-0.2, -0.15) is 0 Å². The van der Waals surface area contributed by atoms with Gasteiger partial charge in [-0.1, -0.05) is 13.8 Å². The van der Waals surface area contributed by atoms with Crippen LogP contribution in [0, 0.1) is 0 Å². The molecule has 0 aliphatic heterocycles. The SMILES string of the molecule is CC(C)NC(C(N)=O)C(C)NC(=O)OC(C)(C)C. The normalized spacial score (nSPS) is 15.1. The molecule has 0 aromatic heterocycles. The Kier molecular flexibility index (Phi) is 6.11. The summed E-state index contributed by atoms with van der Waals surface area (Å²) in [5, 5.41) is 5.60. The number of primary amides is 1. The van der Waals surface area contributed by atoms with Crippen LogP contribution in [0.1, 0.15) is 41.5 Å². The molecule has 0 aromatic rings. The van der Waals surface area contributed by atoms with E-state index in [1.807, 2.05) is 13.8 Å². The highest BCUT2D eigenvalue weighted by molar-refractivity contribution is 5.81. The smallest absolute Gasteiger partial charge is 0.407 e. The maximum Gasteiger partial charge on any atom is 0.407 e. The average molecular weight is 259 g/mol. The van der Waals surface area contributed by atoms with E-state index in [4.69, 9.17) is 10.5 Å². The molecule has 2 atom stereocenters. The van der Waals surface area contributed by atoms with Crippen molar-refractivity contribution in [3.63, 3.8) is 0 Å². The first-order valence-electron chi connectivity index (χ1n) is 6.08. The molecule has 0 aliphatic rings. The van der Waals surface area contributed by atoms with Gasteiger partial charge < -0.3 is 21.1 Å². The lowest BCUT2D eigenvalue weighted by atomic mass is 10.1. The number of nitrogens with two attached hydrogens (primary N) is 1. The maximum atomic E-state index is 11.6. The molecular weight excluding hydrogens is 234 g/mol. The van der Waals surface area contributed by atoms with Gasteiger partial charge in [-0.25, -0.2) is 4.79 Å². The number of amides is 2. The highest BCUT2D eigenvalue weighted by atomic mass is 16.6. The molecule has 6 heteroatoms. The number of hydrogen-bond donors (Lipinski definition) is 3. The maximum absolute atomic E-state index is 11.6. The summed E-state index contributed by atoms with van der Waals surface area (Å²) >= 11 is 0. The quantitative estimate of drug-likeness (QED) is 0.679. The molecule has 0 heterocycles. The molecule has 106 valence electrons. The van der Waals surface area contributed by atoms with Crippen molar-refractivity contribution in [1.82, 2.24) is 10.6 Å². The Hall–Kier alpha value is -1.30. The molecule has 0 rings (SSSR count). The summed E-state index contributed by atoms with van der Waals surface area (Å²) in [5.74, 6) is -0.507. The van der Waals surface area contributed by atoms with E-state index in [0.29, 0.717) is 0 Å². The Bertz CT molecular complexity index is 297. The van der Waals surface area contributed by atoms with Crippen molar-refractivity contribution in [2.24, 2.45) is 5.73 Å². The molecule has 0 radical (unpaired) electrons. The molecule has 0 spiro atoms. The summed E-state index contributed by atoms with van der Waals surface area (Å²) in [7, 11) is 0. The Labute approximate surface area is 109 Å². The summed E-state index contributed by atoms with van der Waals surface area (Å²) in [6, 6.07) is -0.984. The standard InChI is InChI=1S/C12H25N3O3/c1-7(2)14-9(10(13)16)8(3)15-11(17)18-12(4,5)6/h7-9,14H,1-6H3,(H2,13,16)(H,15,17). The van der Waals surface area contributed by atoms with Crippen LogP contribution in [0.5, 0.6) is 0 Å². The Balaban J connectivity index is 4.47. The van der Waals surface area contributed by atoms with Crippen molar-refractivity contribution in [3.05, 3.63) is 0 Å². The topological polar surface area (TPSA) is 93.5 Å². The second-order valence-corrected chi connectivity index (χ2v) is 5.64.